The number of hydrogen-bond donors (Lipinski definition) is 5. The summed E-state index contributed by atoms with van der Waals surface area (Å²) in [6, 6.07) is 4.04. The fraction of sp³-hybridized carbons (Fsp3) is 0.571. The van der Waals surface area contributed by atoms with Gasteiger partial charge in [-0.05, 0) is 36.3 Å². The Bertz CT molecular complexity index is 1150. The molecule has 38 heavy (non-hydrogen) atoms. The Balaban J connectivity index is 1.74. The molecule has 208 valence electrons. The number of aromatic nitrogens is 1. The largest absolute Gasteiger partial charge is 0.480 e. The molecule has 1 fully saturated rings. The Morgan fingerprint density at radius 1 is 1.11 bits per heavy atom. The van der Waals surface area contributed by atoms with Crippen LogP contribution in [0.25, 0.3) is 10.9 Å². The molecule has 1 aromatic heterocycles. The number of benzene rings is 1. The summed E-state index contributed by atoms with van der Waals surface area (Å²) in [5.41, 5.74) is 7.77. The van der Waals surface area contributed by atoms with E-state index < -0.39 is 36.0 Å². The number of H-pyrrole nitrogens is 1. The normalized spacial score (nSPS) is 19.4. The zero-order valence-electron chi connectivity index (χ0n) is 22.7. The number of hydrogen-bond acceptors (Lipinski definition) is 5. The van der Waals surface area contributed by atoms with Crippen molar-refractivity contribution in [1.29, 1.82) is 0 Å². The molecule has 3 amide bonds. The second-order valence-corrected chi connectivity index (χ2v) is 10.4. The highest BCUT2D eigenvalue weighted by molar-refractivity contribution is 5.95. The third kappa shape index (κ3) is 6.53. The van der Waals surface area contributed by atoms with Crippen LogP contribution in [0.1, 0.15) is 58.9 Å². The Labute approximate surface area is 223 Å². The lowest BCUT2D eigenvalue weighted by molar-refractivity contribution is -0.145. The topological polar surface area (TPSA) is 158 Å². The number of para-hydroxylation sites is 1. The van der Waals surface area contributed by atoms with Crippen LogP contribution >= 0.6 is 0 Å². The number of aromatic amines is 1. The van der Waals surface area contributed by atoms with Gasteiger partial charge in [0.2, 0.25) is 17.7 Å². The van der Waals surface area contributed by atoms with E-state index in [1.807, 2.05) is 52.0 Å². The molecule has 10 heteroatoms. The third-order valence-corrected chi connectivity index (χ3v) is 7.89. The van der Waals surface area contributed by atoms with E-state index in [2.05, 4.69) is 15.6 Å². The van der Waals surface area contributed by atoms with E-state index in [4.69, 9.17) is 5.73 Å². The first-order chi connectivity index (χ1) is 18.1. The molecule has 6 atom stereocenters. The maximum atomic E-state index is 13.7. The third-order valence-electron chi connectivity index (χ3n) is 7.89. The molecule has 3 rings (SSSR count). The van der Waals surface area contributed by atoms with Gasteiger partial charge in [0.1, 0.15) is 18.1 Å². The van der Waals surface area contributed by atoms with Gasteiger partial charge in [-0.2, -0.15) is 0 Å². The number of nitrogens with zero attached hydrogens (tertiary/aromatic N) is 1. The van der Waals surface area contributed by atoms with Gasteiger partial charge in [0, 0.05) is 30.1 Å². The highest BCUT2D eigenvalue weighted by atomic mass is 16.4. The van der Waals surface area contributed by atoms with E-state index in [9.17, 15) is 24.3 Å². The summed E-state index contributed by atoms with van der Waals surface area (Å²) in [5.74, 6) is -2.60. The molecule has 6 N–H and O–H groups in total. The van der Waals surface area contributed by atoms with Crippen molar-refractivity contribution >= 4 is 34.6 Å². The monoisotopic (exact) mass is 527 g/mol. The van der Waals surface area contributed by atoms with Crippen molar-refractivity contribution in [2.45, 2.75) is 84.0 Å². The first-order valence-corrected chi connectivity index (χ1v) is 13.5. The lowest BCUT2D eigenvalue weighted by atomic mass is 9.95. The van der Waals surface area contributed by atoms with Gasteiger partial charge in [-0.25, -0.2) is 4.79 Å². The minimum atomic E-state index is -1.15. The number of nitrogens with one attached hydrogen (secondary N) is 3. The second-order valence-electron chi connectivity index (χ2n) is 10.4. The van der Waals surface area contributed by atoms with Crippen LogP contribution in [-0.2, 0) is 25.6 Å². The van der Waals surface area contributed by atoms with Crippen molar-refractivity contribution < 1.29 is 24.3 Å². The van der Waals surface area contributed by atoms with E-state index in [0.29, 0.717) is 25.8 Å². The number of carbonyl (C=O) groups excluding carboxylic acids is 3. The van der Waals surface area contributed by atoms with Crippen molar-refractivity contribution in [3.63, 3.8) is 0 Å². The zero-order valence-corrected chi connectivity index (χ0v) is 22.7. The van der Waals surface area contributed by atoms with E-state index in [0.717, 1.165) is 22.9 Å². The van der Waals surface area contributed by atoms with Gasteiger partial charge in [-0.1, -0.05) is 58.7 Å². The molecule has 0 saturated carbocycles. The quantitative estimate of drug-likeness (QED) is 0.285. The molecule has 2 aromatic rings. The van der Waals surface area contributed by atoms with E-state index in [-0.39, 0.29) is 30.1 Å². The van der Waals surface area contributed by atoms with Crippen LogP contribution in [0.5, 0.6) is 0 Å². The molecule has 2 heterocycles. The predicted octanol–water partition coefficient (Wildman–Crippen LogP) is 2.18. The summed E-state index contributed by atoms with van der Waals surface area (Å²) in [7, 11) is 0. The lowest BCUT2D eigenvalue weighted by Gasteiger charge is -2.32. The average molecular weight is 528 g/mol. The number of carboxylic acids is 1. The summed E-state index contributed by atoms with van der Waals surface area (Å²) in [6.07, 6.45) is 4.26. The number of likely N-dealkylation sites (tertiary alicyclic amines) is 1. The maximum absolute atomic E-state index is 13.7. The van der Waals surface area contributed by atoms with Crippen LogP contribution in [0.3, 0.4) is 0 Å². The minimum absolute atomic E-state index is 0.0434. The molecule has 10 nitrogen and oxygen atoms in total. The second kappa shape index (κ2) is 12.9. The lowest BCUT2D eigenvalue weighted by Crippen LogP contribution is -2.59. The van der Waals surface area contributed by atoms with E-state index in [1.54, 1.807) is 6.20 Å². The summed E-state index contributed by atoms with van der Waals surface area (Å²) >= 11 is 0. The molecular formula is C28H41N5O5. The van der Waals surface area contributed by atoms with Gasteiger partial charge < -0.3 is 31.4 Å². The van der Waals surface area contributed by atoms with Crippen molar-refractivity contribution in [2.24, 2.45) is 17.6 Å². The molecule has 0 aliphatic carbocycles. The standard InChI is InChI=1S/C28H41N5O5/c1-5-16(3)23(29)26(35)32-24(17(4)6-2)27(36)33-13-9-12-22(33)25(34)31-21(28(37)38)14-18-15-30-20-11-8-7-10-19(18)20/h7-8,10-11,15-17,21-24,30H,5-6,9,12-14,29H2,1-4H3,(H,31,34)(H,32,35)(H,37,38). The number of aliphatic carboxylic acids is 1. The first-order valence-electron chi connectivity index (χ1n) is 13.5. The fourth-order valence-corrected chi connectivity index (χ4v) is 4.92. The molecule has 0 bridgehead atoms. The van der Waals surface area contributed by atoms with Crippen molar-refractivity contribution in [1.82, 2.24) is 20.5 Å². The van der Waals surface area contributed by atoms with Crippen LogP contribution in [-0.4, -0.2) is 69.4 Å². The molecule has 0 spiro atoms. The highest BCUT2D eigenvalue weighted by Gasteiger charge is 2.40. The van der Waals surface area contributed by atoms with Crippen LogP contribution in [0, 0.1) is 11.8 Å². The van der Waals surface area contributed by atoms with Gasteiger partial charge >= 0.3 is 5.97 Å². The van der Waals surface area contributed by atoms with Gasteiger partial charge in [-0.15, -0.1) is 0 Å². The van der Waals surface area contributed by atoms with Gasteiger partial charge in [-0.3, -0.25) is 14.4 Å². The predicted molar refractivity (Wildman–Crippen MR) is 145 cm³/mol. The number of amides is 3. The number of carbonyl (C=O) groups is 4. The molecule has 1 aliphatic heterocycles. The van der Waals surface area contributed by atoms with Gasteiger partial charge in [0.15, 0.2) is 0 Å². The Morgan fingerprint density at radius 3 is 2.45 bits per heavy atom. The van der Waals surface area contributed by atoms with Gasteiger partial charge in [0.05, 0.1) is 6.04 Å². The molecule has 1 aromatic carbocycles. The van der Waals surface area contributed by atoms with Crippen molar-refractivity contribution in [3.8, 4) is 0 Å². The molecule has 1 saturated heterocycles. The summed E-state index contributed by atoms with van der Waals surface area (Å²) in [6.45, 7) is 8.01. The average Bonchev–Trinajstić information content (AvgIpc) is 3.57. The highest BCUT2D eigenvalue weighted by Crippen LogP contribution is 2.23. The van der Waals surface area contributed by atoms with Crippen LogP contribution in [0.2, 0.25) is 0 Å². The smallest absolute Gasteiger partial charge is 0.326 e. The zero-order chi connectivity index (χ0) is 28.0. The van der Waals surface area contributed by atoms with Crippen LogP contribution in [0.4, 0.5) is 0 Å². The van der Waals surface area contributed by atoms with E-state index in [1.165, 1.54) is 4.90 Å². The van der Waals surface area contributed by atoms with Crippen LogP contribution in [0.15, 0.2) is 30.5 Å². The Hall–Kier alpha value is -3.40. The van der Waals surface area contributed by atoms with Crippen LogP contribution < -0.4 is 16.4 Å². The maximum Gasteiger partial charge on any atom is 0.326 e. The van der Waals surface area contributed by atoms with Crippen molar-refractivity contribution in [2.75, 3.05) is 6.54 Å². The Morgan fingerprint density at radius 2 is 1.79 bits per heavy atom. The van der Waals surface area contributed by atoms with Gasteiger partial charge in [0.25, 0.3) is 0 Å². The minimum Gasteiger partial charge on any atom is -0.480 e. The number of rotatable bonds is 12. The molecule has 0 radical (unpaired) electrons. The number of fused-ring (bicyclic) bond motifs is 1. The number of carboxylic acid groups (broad SMARTS) is 1. The number of nitrogens with two attached hydrogens (primary N) is 1. The first kappa shape index (κ1) is 29.2. The van der Waals surface area contributed by atoms with E-state index >= 15 is 0 Å². The molecular weight excluding hydrogens is 486 g/mol. The SMILES string of the molecule is CCC(C)C(N)C(=O)NC(C(=O)N1CCCC1C(=O)NC(Cc1c[nH]c2ccccc12)C(=O)O)C(C)CC. The molecule has 1 aliphatic rings. The Kier molecular flexibility index (Phi) is 9.90. The summed E-state index contributed by atoms with van der Waals surface area (Å²) in [4.78, 5) is 56.4. The summed E-state index contributed by atoms with van der Waals surface area (Å²) in [5, 5.41) is 16.2. The molecule has 6 unspecified atom stereocenters. The fourth-order valence-electron chi connectivity index (χ4n) is 4.92. The summed E-state index contributed by atoms with van der Waals surface area (Å²) < 4.78 is 0. The van der Waals surface area contributed by atoms with Crippen molar-refractivity contribution in [3.05, 3.63) is 36.0 Å².